The summed E-state index contributed by atoms with van der Waals surface area (Å²) in [7, 11) is 0. The molecule has 0 radical (unpaired) electrons. The Labute approximate surface area is 114 Å². The van der Waals surface area contributed by atoms with Crippen LogP contribution in [0.25, 0.3) is 0 Å². The lowest BCUT2D eigenvalue weighted by Gasteiger charge is -2.10. The molecule has 0 aliphatic carbocycles. The normalized spacial score (nSPS) is 12.3. The van der Waals surface area contributed by atoms with Gasteiger partial charge in [-0.15, -0.1) is 0 Å². The minimum Gasteiger partial charge on any atom is -0.455 e. The maximum absolute atomic E-state index is 11.0. The zero-order valence-corrected chi connectivity index (χ0v) is 10.5. The maximum Gasteiger partial charge on any atom is 0.231 e. The Morgan fingerprint density at radius 1 is 1.16 bits per heavy atom. The summed E-state index contributed by atoms with van der Waals surface area (Å²) in [6.45, 7) is 0.199. The molecule has 5 heteroatoms. The number of carbonyl (C=O) groups excluding carboxylic acids is 1. The van der Waals surface area contributed by atoms with E-state index in [1.165, 1.54) is 0 Å². The molecular formula is C14H9ClO4. The Balaban J connectivity index is 1.95. The third-order valence-corrected chi connectivity index (χ3v) is 2.99. The van der Waals surface area contributed by atoms with Crippen LogP contribution in [0.3, 0.4) is 0 Å². The van der Waals surface area contributed by atoms with E-state index in [9.17, 15) is 4.79 Å². The third-order valence-electron chi connectivity index (χ3n) is 2.69. The second-order valence-electron chi connectivity index (χ2n) is 3.89. The van der Waals surface area contributed by atoms with E-state index in [0.29, 0.717) is 39.9 Å². The Bertz CT molecular complexity index is 639. The average molecular weight is 277 g/mol. The molecule has 1 aliphatic rings. The van der Waals surface area contributed by atoms with Crippen molar-refractivity contribution < 1.29 is 19.0 Å². The highest BCUT2D eigenvalue weighted by atomic mass is 35.5. The second-order valence-corrected chi connectivity index (χ2v) is 4.30. The smallest absolute Gasteiger partial charge is 0.231 e. The van der Waals surface area contributed by atoms with Crippen molar-refractivity contribution in [1.82, 2.24) is 0 Å². The van der Waals surface area contributed by atoms with E-state index < -0.39 is 0 Å². The number of fused-ring (bicyclic) bond motifs is 1. The first-order valence-electron chi connectivity index (χ1n) is 5.59. The topological polar surface area (TPSA) is 44.8 Å². The van der Waals surface area contributed by atoms with Crippen LogP contribution in [0.1, 0.15) is 10.4 Å². The standard InChI is InChI=1S/C14H9ClO4/c15-11-3-1-2-9(7-16)14(11)19-10-4-5-12-13(6-10)18-8-17-12/h1-7H,8H2. The Morgan fingerprint density at radius 2 is 2.00 bits per heavy atom. The maximum atomic E-state index is 11.0. The molecule has 0 saturated carbocycles. The molecule has 0 bridgehead atoms. The van der Waals surface area contributed by atoms with Gasteiger partial charge >= 0.3 is 0 Å². The quantitative estimate of drug-likeness (QED) is 0.802. The summed E-state index contributed by atoms with van der Waals surface area (Å²) in [6, 6.07) is 10.2. The van der Waals surface area contributed by atoms with Crippen molar-refractivity contribution in [1.29, 1.82) is 0 Å². The molecule has 2 aromatic carbocycles. The van der Waals surface area contributed by atoms with Crippen molar-refractivity contribution in [3.05, 3.63) is 47.0 Å². The van der Waals surface area contributed by atoms with Crippen LogP contribution in [0.4, 0.5) is 0 Å². The first-order valence-corrected chi connectivity index (χ1v) is 5.97. The number of rotatable bonds is 3. The number of carbonyl (C=O) groups is 1. The largest absolute Gasteiger partial charge is 0.455 e. The molecule has 1 aliphatic heterocycles. The fourth-order valence-electron chi connectivity index (χ4n) is 1.78. The van der Waals surface area contributed by atoms with Gasteiger partial charge in [0, 0.05) is 6.07 Å². The molecule has 0 spiro atoms. The Hall–Kier alpha value is -2.20. The summed E-state index contributed by atoms with van der Waals surface area (Å²) >= 11 is 6.04. The van der Waals surface area contributed by atoms with Crippen LogP contribution >= 0.6 is 11.6 Å². The van der Waals surface area contributed by atoms with Gasteiger partial charge in [-0.25, -0.2) is 0 Å². The second kappa shape index (κ2) is 4.82. The van der Waals surface area contributed by atoms with Gasteiger partial charge < -0.3 is 14.2 Å². The molecule has 4 nitrogen and oxygen atoms in total. The number of hydrogen-bond acceptors (Lipinski definition) is 4. The van der Waals surface area contributed by atoms with Crippen LogP contribution in [0.15, 0.2) is 36.4 Å². The monoisotopic (exact) mass is 276 g/mol. The molecule has 2 aromatic rings. The Kier molecular flexibility index (Phi) is 3.01. The molecule has 0 N–H and O–H groups in total. The Morgan fingerprint density at radius 3 is 2.84 bits per heavy atom. The van der Waals surface area contributed by atoms with Crippen molar-refractivity contribution in [3.63, 3.8) is 0 Å². The van der Waals surface area contributed by atoms with E-state index in [0.717, 1.165) is 0 Å². The van der Waals surface area contributed by atoms with E-state index >= 15 is 0 Å². The zero-order valence-electron chi connectivity index (χ0n) is 9.76. The van der Waals surface area contributed by atoms with Crippen LogP contribution in [-0.2, 0) is 0 Å². The van der Waals surface area contributed by atoms with Gasteiger partial charge in [-0.3, -0.25) is 4.79 Å². The van der Waals surface area contributed by atoms with Crippen LogP contribution in [-0.4, -0.2) is 13.1 Å². The summed E-state index contributed by atoms with van der Waals surface area (Å²) in [5.74, 6) is 2.14. The van der Waals surface area contributed by atoms with E-state index in [-0.39, 0.29) is 6.79 Å². The first-order chi connectivity index (χ1) is 9.28. The third kappa shape index (κ3) is 2.22. The molecule has 3 rings (SSSR count). The summed E-state index contributed by atoms with van der Waals surface area (Å²) in [6.07, 6.45) is 0.703. The fourth-order valence-corrected chi connectivity index (χ4v) is 2.00. The highest BCUT2D eigenvalue weighted by Crippen LogP contribution is 2.38. The fraction of sp³-hybridized carbons (Fsp3) is 0.0714. The average Bonchev–Trinajstić information content (AvgIpc) is 2.88. The lowest BCUT2D eigenvalue weighted by Crippen LogP contribution is -1.93. The van der Waals surface area contributed by atoms with Crippen LogP contribution < -0.4 is 14.2 Å². The molecule has 1 heterocycles. The number of aldehydes is 1. The van der Waals surface area contributed by atoms with Crippen LogP contribution in [0, 0.1) is 0 Å². The number of para-hydroxylation sites is 1. The summed E-state index contributed by atoms with van der Waals surface area (Å²) in [5, 5.41) is 0.377. The minimum atomic E-state index is 0.199. The van der Waals surface area contributed by atoms with Gasteiger partial charge in [0.25, 0.3) is 0 Å². The SMILES string of the molecule is O=Cc1cccc(Cl)c1Oc1ccc2c(c1)OCO2. The van der Waals surface area contributed by atoms with Gasteiger partial charge in [0.1, 0.15) is 5.75 Å². The predicted molar refractivity (Wildman–Crippen MR) is 69.5 cm³/mol. The van der Waals surface area contributed by atoms with E-state index in [1.54, 1.807) is 36.4 Å². The zero-order chi connectivity index (χ0) is 13.2. The highest BCUT2D eigenvalue weighted by Gasteiger charge is 2.15. The van der Waals surface area contributed by atoms with Gasteiger partial charge in [0.15, 0.2) is 23.5 Å². The minimum absolute atomic E-state index is 0.199. The molecular weight excluding hydrogens is 268 g/mol. The summed E-state index contributed by atoms with van der Waals surface area (Å²) < 4.78 is 16.1. The molecule has 0 fully saturated rings. The number of hydrogen-bond donors (Lipinski definition) is 0. The molecule has 19 heavy (non-hydrogen) atoms. The van der Waals surface area contributed by atoms with E-state index in [2.05, 4.69) is 0 Å². The molecule has 0 atom stereocenters. The van der Waals surface area contributed by atoms with Gasteiger partial charge in [-0.1, -0.05) is 17.7 Å². The van der Waals surface area contributed by atoms with Crippen molar-refractivity contribution in [2.24, 2.45) is 0 Å². The number of benzene rings is 2. The van der Waals surface area contributed by atoms with Crippen molar-refractivity contribution in [2.75, 3.05) is 6.79 Å². The van der Waals surface area contributed by atoms with E-state index in [4.69, 9.17) is 25.8 Å². The summed E-state index contributed by atoms with van der Waals surface area (Å²) in [4.78, 5) is 11.0. The van der Waals surface area contributed by atoms with Crippen molar-refractivity contribution in [3.8, 4) is 23.0 Å². The van der Waals surface area contributed by atoms with E-state index in [1.807, 2.05) is 0 Å². The van der Waals surface area contributed by atoms with Crippen LogP contribution in [0.5, 0.6) is 23.0 Å². The predicted octanol–water partition coefficient (Wildman–Crippen LogP) is 3.67. The lowest BCUT2D eigenvalue weighted by atomic mass is 10.2. The number of halogens is 1. The molecule has 0 amide bonds. The molecule has 0 unspecified atom stereocenters. The molecule has 0 aromatic heterocycles. The van der Waals surface area contributed by atoms with Crippen molar-refractivity contribution >= 4 is 17.9 Å². The van der Waals surface area contributed by atoms with Gasteiger partial charge in [0.2, 0.25) is 6.79 Å². The first kappa shape index (κ1) is 11.9. The van der Waals surface area contributed by atoms with Gasteiger partial charge in [-0.05, 0) is 24.3 Å². The highest BCUT2D eigenvalue weighted by molar-refractivity contribution is 6.32. The van der Waals surface area contributed by atoms with Crippen molar-refractivity contribution in [2.45, 2.75) is 0 Å². The molecule has 96 valence electrons. The molecule has 0 saturated heterocycles. The number of ether oxygens (including phenoxy) is 3. The summed E-state index contributed by atoms with van der Waals surface area (Å²) in [5.41, 5.74) is 0.394. The van der Waals surface area contributed by atoms with Crippen LogP contribution in [0.2, 0.25) is 5.02 Å². The lowest BCUT2D eigenvalue weighted by molar-refractivity contribution is 0.112. The van der Waals surface area contributed by atoms with Gasteiger partial charge in [0.05, 0.1) is 10.6 Å². The van der Waals surface area contributed by atoms with Gasteiger partial charge in [-0.2, -0.15) is 0 Å².